The number of hydrogen-bond acceptors (Lipinski definition) is 6. The average Bonchev–Trinajstić information content (AvgIpc) is 3.17. The maximum atomic E-state index is 12.7. The van der Waals surface area contributed by atoms with Gasteiger partial charge in [0.05, 0.1) is 36.6 Å². The summed E-state index contributed by atoms with van der Waals surface area (Å²) >= 11 is 0. The van der Waals surface area contributed by atoms with Crippen molar-refractivity contribution in [1.29, 1.82) is 0 Å². The molecule has 0 fully saturated rings. The van der Waals surface area contributed by atoms with E-state index in [4.69, 9.17) is 0 Å². The van der Waals surface area contributed by atoms with Crippen LogP contribution in [0.15, 0.2) is 49.2 Å². The standard InChI is InChI=1S/C20H21N7O2/c1-14-19-25-16(10-18(28)24-11-15-4-2-3-5-22-15)13-26(19)8-9-27(14)20(29)17-12-21-6-7-23-17/h2-7,12-14H,8-11H2,1H3,(H,24,28)/t14-/m0/s1. The summed E-state index contributed by atoms with van der Waals surface area (Å²) < 4.78 is 2.01. The van der Waals surface area contributed by atoms with Crippen LogP contribution in [0.25, 0.3) is 0 Å². The first-order valence-corrected chi connectivity index (χ1v) is 9.41. The van der Waals surface area contributed by atoms with E-state index in [-0.39, 0.29) is 24.3 Å². The van der Waals surface area contributed by atoms with Crippen molar-refractivity contribution in [2.75, 3.05) is 6.54 Å². The molecule has 1 aliphatic heterocycles. The Kier molecular flexibility index (Phi) is 5.28. The maximum Gasteiger partial charge on any atom is 0.274 e. The van der Waals surface area contributed by atoms with E-state index in [2.05, 4.69) is 25.3 Å². The van der Waals surface area contributed by atoms with Crippen LogP contribution in [0.5, 0.6) is 0 Å². The van der Waals surface area contributed by atoms with Gasteiger partial charge in [-0.2, -0.15) is 0 Å². The Bertz CT molecular complexity index is 1000. The molecule has 3 aromatic heterocycles. The van der Waals surface area contributed by atoms with Gasteiger partial charge in [-0.1, -0.05) is 6.07 Å². The Morgan fingerprint density at radius 1 is 1.14 bits per heavy atom. The molecule has 1 aliphatic rings. The Labute approximate surface area is 167 Å². The number of nitrogens with one attached hydrogen (secondary N) is 1. The SMILES string of the molecule is C[C@H]1c2nc(CC(=O)NCc3ccccn3)cn2CCN1C(=O)c1cnccn1. The highest BCUT2D eigenvalue weighted by Crippen LogP contribution is 2.26. The number of carbonyl (C=O) groups excluding carboxylic acids is 2. The number of fused-ring (bicyclic) bond motifs is 1. The summed E-state index contributed by atoms with van der Waals surface area (Å²) in [6.45, 7) is 3.47. The number of amides is 2. The second-order valence-electron chi connectivity index (χ2n) is 6.82. The van der Waals surface area contributed by atoms with Crippen LogP contribution in [0.3, 0.4) is 0 Å². The first-order valence-electron chi connectivity index (χ1n) is 9.41. The third kappa shape index (κ3) is 4.13. The highest BCUT2D eigenvalue weighted by atomic mass is 16.2. The first kappa shape index (κ1) is 18.7. The van der Waals surface area contributed by atoms with Gasteiger partial charge in [0.1, 0.15) is 11.5 Å². The third-order valence-electron chi connectivity index (χ3n) is 4.86. The summed E-state index contributed by atoms with van der Waals surface area (Å²) in [5.41, 5.74) is 1.80. The zero-order chi connectivity index (χ0) is 20.2. The molecule has 0 aromatic carbocycles. The zero-order valence-electron chi connectivity index (χ0n) is 16.0. The minimum absolute atomic E-state index is 0.119. The highest BCUT2D eigenvalue weighted by Gasteiger charge is 2.31. The van der Waals surface area contributed by atoms with Crippen LogP contribution in [-0.4, -0.2) is 47.8 Å². The minimum atomic E-state index is -0.219. The van der Waals surface area contributed by atoms with Gasteiger partial charge in [-0.25, -0.2) is 9.97 Å². The molecule has 2 amide bonds. The highest BCUT2D eigenvalue weighted by molar-refractivity contribution is 5.92. The van der Waals surface area contributed by atoms with E-state index < -0.39 is 0 Å². The number of aromatic nitrogens is 5. The van der Waals surface area contributed by atoms with Crippen LogP contribution in [0.4, 0.5) is 0 Å². The van der Waals surface area contributed by atoms with Crippen molar-refractivity contribution in [2.24, 2.45) is 0 Å². The van der Waals surface area contributed by atoms with Gasteiger partial charge in [-0.3, -0.25) is 19.6 Å². The van der Waals surface area contributed by atoms with Gasteiger partial charge < -0.3 is 14.8 Å². The maximum absolute atomic E-state index is 12.7. The molecule has 0 unspecified atom stereocenters. The number of imidazole rings is 1. The number of hydrogen-bond donors (Lipinski definition) is 1. The Hall–Kier alpha value is -3.62. The lowest BCUT2D eigenvalue weighted by Gasteiger charge is -2.33. The topological polar surface area (TPSA) is 106 Å². The summed E-state index contributed by atoms with van der Waals surface area (Å²) in [6, 6.07) is 5.36. The van der Waals surface area contributed by atoms with E-state index in [1.54, 1.807) is 11.1 Å². The van der Waals surface area contributed by atoms with E-state index in [1.807, 2.05) is 35.9 Å². The fourth-order valence-corrected chi connectivity index (χ4v) is 3.39. The Morgan fingerprint density at radius 2 is 2.03 bits per heavy atom. The van der Waals surface area contributed by atoms with Crippen LogP contribution >= 0.6 is 0 Å². The minimum Gasteiger partial charge on any atom is -0.350 e. The van der Waals surface area contributed by atoms with Crippen LogP contribution in [0.2, 0.25) is 0 Å². The zero-order valence-corrected chi connectivity index (χ0v) is 16.0. The van der Waals surface area contributed by atoms with Crippen LogP contribution < -0.4 is 5.32 Å². The van der Waals surface area contributed by atoms with Gasteiger partial charge in [-0.15, -0.1) is 0 Å². The fourth-order valence-electron chi connectivity index (χ4n) is 3.39. The van der Waals surface area contributed by atoms with Crippen molar-refractivity contribution in [3.63, 3.8) is 0 Å². The van der Waals surface area contributed by atoms with E-state index in [9.17, 15) is 9.59 Å². The van der Waals surface area contributed by atoms with Crippen molar-refractivity contribution in [2.45, 2.75) is 32.5 Å². The van der Waals surface area contributed by atoms with Crippen LogP contribution in [0, 0.1) is 0 Å². The van der Waals surface area contributed by atoms with E-state index in [0.717, 1.165) is 11.5 Å². The molecule has 1 N–H and O–H groups in total. The summed E-state index contributed by atoms with van der Waals surface area (Å²) in [6.07, 6.45) is 8.26. The molecule has 3 aromatic rings. The molecule has 0 spiro atoms. The van der Waals surface area contributed by atoms with Crippen molar-refractivity contribution < 1.29 is 9.59 Å². The van der Waals surface area contributed by atoms with Crippen LogP contribution in [-0.2, 0) is 24.3 Å². The normalized spacial score (nSPS) is 15.6. The smallest absolute Gasteiger partial charge is 0.274 e. The molecule has 4 heterocycles. The molecular weight excluding hydrogens is 370 g/mol. The number of carbonyl (C=O) groups is 2. The van der Waals surface area contributed by atoms with Gasteiger partial charge in [-0.05, 0) is 19.1 Å². The molecule has 29 heavy (non-hydrogen) atoms. The molecule has 0 saturated heterocycles. The van der Waals surface area contributed by atoms with Gasteiger partial charge in [0, 0.05) is 37.9 Å². The van der Waals surface area contributed by atoms with Crippen molar-refractivity contribution >= 4 is 11.8 Å². The molecule has 1 atom stereocenters. The van der Waals surface area contributed by atoms with E-state index >= 15 is 0 Å². The molecule has 9 heteroatoms. The monoisotopic (exact) mass is 391 g/mol. The van der Waals surface area contributed by atoms with Crippen molar-refractivity contribution in [3.05, 3.63) is 72.1 Å². The molecule has 0 aliphatic carbocycles. The van der Waals surface area contributed by atoms with Gasteiger partial charge >= 0.3 is 0 Å². The second-order valence-corrected chi connectivity index (χ2v) is 6.82. The lowest BCUT2D eigenvalue weighted by atomic mass is 10.2. The predicted molar refractivity (Wildman–Crippen MR) is 103 cm³/mol. The number of pyridine rings is 1. The molecule has 0 radical (unpaired) electrons. The third-order valence-corrected chi connectivity index (χ3v) is 4.86. The Balaban J connectivity index is 1.41. The first-order chi connectivity index (χ1) is 14.1. The average molecular weight is 391 g/mol. The largest absolute Gasteiger partial charge is 0.350 e. The Morgan fingerprint density at radius 3 is 2.79 bits per heavy atom. The fraction of sp³-hybridized carbons (Fsp3) is 0.300. The van der Waals surface area contributed by atoms with Crippen molar-refractivity contribution in [1.82, 2.24) is 34.7 Å². The molecule has 0 bridgehead atoms. The molecular formula is C20H21N7O2. The van der Waals surface area contributed by atoms with E-state index in [0.29, 0.717) is 31.0 Å². The summed E-state index contributed by atoms with van der Waals surface area (Å²) in [5, 5.41) is 2.86. The lowest BCUT2D eigenvalue weighted by molar-refractivity contribution is -0.120. The number of rotatable bonds is 5. The number of nitrogens with zero attached hydrogens (tertiary/aromatic N) is 6. The summed E-state index contributed by atoms with van der Waals surface area (Å²) in [7, 11) is 0. The van der Waals surface area contributed by atoms with Gasteiger partial charge in [0.15, 0.2) is 0 Å². The summed E-state index contributed by atoms with van der Waals surface area (Å²) in [5.74, 6) is 0.474. The molecule has 9 nitrogen and oxygen atoms in total. The summed E-state index contributed by atoms with van der Waals surface area (Å²) in [4.78, 5) is 43.6. The van der Waals surface area contributed by atoms with E-state index in [1.165, 1.54) is 18.6 Å². The van der Waals surface area contributed by atoms with Gasteiger partial charge in [0.25, 0.3) is 5.91 Å². The lowest BCUT2D eigenvalue weighted by Crippen LogP contribution is -2.41. The van der Waals surface area contributed by atoms with Crippen molar-refractivity contribution in [3.8, 4) is 0 Å². The molecule has 148 valence electrons. The molecule has 4 rings (SSSR count). The second kappa shape index (κ2) is 8.17. The van der Waals surface area contributed by atoms with Gasteiger partial charge in [0.2, 0.25) is 5.91 Å². The molecule has 0 saturated carbocycles. The predicted octanol–water partition coefficient (Wildman–Crippen LogP) is 1.14. The van der Waals surface area contributed by atoms with Crippen LogP contribution in [0.1, 0.15) is 40.7 Å². The quantitative estimate of drug-likeness (QED) is 0.699.